The minimum absolute atomic E-state index is 0.0537. The molecule has 0 unspecified atom stereocenters. The van der Waals surface area contributed by atoms with Crippen LogP contribution in [0.2, 0.25) is 0 Å². The van der Waals surface area contributed by atoms with Crippen LogP contribution in [0.1, 0.15) is 39.1 Å². The number of nitriles is 1. The molecule has 3 nitrogen and oxygen atoms in total. The molecule has 70 valence electrons. The van der Waals surface area contributed by atoms with Gasteiger partial charge in [-0.1, -0.05) is 20.8 Å². The van der Waals surface area contributed by atoms with Crippen LogP contribution in [0.5, 0.6) is 0 Å². The molecule has 0 saturated heterocycles. The van der Waals surface area contributed by atoms with Gasteiger partial charge in [0.25, 0.3) is 0 Å². The number of aromatic nitrogens is 2. The van der Waals surface area contributed by atoms with Crippen LogP contribution in [-0.2, 0) is 12.0 Å². The molecule has 0 atom stereocenters. The number of aryl methyl sites for hydroxylation is 1. The van der Waals surface area contributed by atoms with Crippen LogP contribution in [0.15, 0.2) is 6.07 Å². The lowest BCUT2D eigenvalue weighted by Gasteiger charge is -2.19. The van der Waals surface area contributed by atoms with E-state index < -0.39 is 0 Å². The molecule has 1 aromatic rings. The second kappa shape index (κ2) is 3.21. The lowest BCUT2D eigenvalue weighted by atomic mass is 9.92. The van der Waals surface area contributed by atoms with Crippen molar-refractivity contribution < 1.29 is 0 Å². The van der Waals surface area contributed by atoms with Crippen LogP contribution in [0, 0.1) is 11.3 Å². The Kier molecular flexibility index (Phi) is 2.42. The van der Waals surface area contributed by atoms with Gasteiger partial charge in [-0.3, -0.25) is 4.68 Å². The molecular formula is C10H15N3. The predicted molar refractivity (Wildman–Crippen MR) is 51.3 cm³/mol. The molecule has 1 aromatic heterocycles. The molecule has 13 heavy (non-hydrogen) atoms. The Hall–Kier alpha value is -1.30. The topological polar surface area (TPSA) is 41.6 Å². The molecule has 0 aliphatic heterocycles. The van der Waals surface area contributed by atoms with Gasteiger partial charge in [-0.25, -0.2) is 0 Å². The highest BCUT2D eigenvalue weighted by Crippen LogP contribution is 2.22. The van der Waals surface area contributed by atoms with E-state index in [1.807, 2.05) is 17.7 Å². The summed E-state index contributed by atoms with van der Waals surface area (Å²) in [5.41, 5.74) is 1.68. The third-order valence-corrected chi connectivity index (χ3v) is 1.96. The summed E-state index contributed by atoms with van der Waals surface area (Å²) in [7, 11) is 0. The van der Waals surface area contributed by atoms with E-state index in [1.54, 1.807) is 0 Å². The van der Waals surface area contributed by atoms with Gasteiger partial charge in [0, 0.05) is 17.7 Å². The zero-order valence-corrected chi connectivity index (χ0v) is 8.63. The third-order valence-electron chi connectivity index (χ3n) is 1.96. The van der Waals surface area contributed by atoms with E-state index in [2.05, 4.69) is 31.9 Å². The van der Waals surface area contributed by atoms with Gasteiger partial charge in [0.1, 0.15) is 6.07 Å². The Morgan fingerprint density at radius 2 is 2.15 bits per heavy atom. The average Bonchev–Trinajstić information content (AvgIpc) is 2.46. The predicted octanol–water partition coefficient (Wildman–Crippen LogP) is 2.07. The van der Waals surface area contributed by atoms with Gasteiger partial charge in [0.05, 0.1) is 0 Å². The zero-order chi connectivity index (χ0) is 10.1. The van der Waals surface area contributed by atoms with Crippen molar-refractivity contribution in [3.05, 3.63) is 17.5 Å². The lowest BCUT2D eigenvalue weighted by Crippen LogP contribution is -2.17. The normalized spacial score (nSPS) is 11.3. The number of hydrogen-bond donors (Lipinski definition) is 0. The SMILES string of the molecule is CCn1nc(C#N)cc1C(C)(C)C. The van der Waals surface area contributed by atoms with Crippen LogP contribution in [0.4, 0.5) is 0 Å². The van der Waals surface area contributed by atoms with Gasteiger partial charge in [0.15, 0.2) is 5.69 Å². The molecule has 0 amide bonds. The van der Waals surface area contributed by atoms with E-state index in [1.165, 1.54) is 0 Å². The summed E-state index contributed by atoms with van der Waals surface area (Å²) >= 11 is 0. The number of hydrogen-bond acceptors (Lipinski definition) is 2. The van der Waals surface area contributed by atoms with Gasteiger partial charge in [-0.05, 0) is 13.0 Å². The van der Waals surface area contributed by atoms with E-state index in [0.29, 0.717) is 5.69 Å². The van der Waals surface area contributed by atoms with Gasteiger partial charge in [-0.2, -0.15) is 10.4 Å². The lowest BCUT2D eigenvalue weighted by molar-refractivity contribution is 0.497. The second-order valence-corrected chi connectivity index (χ2v) is 4.09. The highest BCUT2D eigenvalue weighted by Gasteiger charge is 2.19. The number of nitrogens with zero attached hydrogens (tertiary/aromatic N) is 3. The largest absolute Gasteiger partial charge is 0.268 e. The summed E-state index contributed by atoms with van der Waals surface area (Å²) in [6.07, 6.45) is 0. The Balaban J connectivity index is 3.21. The van der Waals surface area contributed by atoms with Crippen molar-refractivity contribution in [1.82, 2.24) is 9.78 Å². The zero-order valence-electron chi connectivity index (χ0n) is 8.63. The maximum atomic E-state index is 8.71. The summed E-state index contributed by atoms with van der Waals surface area (Å²) < 4.78 is 1.89. The summed E-state index contributed by atoms with van der Waals surface area (Å²) in [4.78, 5) is 0. The van der Waals surface area contributed by atoms with Gasteiger partial charge in [-0.15, -0.1) is 0 Å². The molecule has 1 heterocycles. The van der Waals surface area contributed by atoms with E-state index in [-0.39, 0.29) is 5.41 Å². The first-order valence-corrected chi connectivity index (χ1v) is 4.47. The molecule has 0 aromatic carbocycles. The maximum absolute atomic E-state index is 8.71. The number of rotatable bonds is 1. The molecule has 0 N–H and O–H groups in total. The van der Waals surface area contributed by atoms with Crippen molar-refractivity contribution in [3.8, 4) is 6.07 Å². The third kappa shape index (κ3) is 1.89. The Bertz CT molecular complexity index is 336. The second-order valence-electron chi connectivity index (χ2n) is 4.09. The van der Waals surface area contributed by atoms with Crippen LogP contribution >= 0.6 is 0 Å². The maximum Gasteiger partial charge on any atom is 0.162 e. The van der Waals surface area contributed by atoms with Crippen molar-refractivity contribution in [2.75, 3.05) is 0 Å². The fraction of sp³-hybridized carbons (Fsp3) is 0.600. The summed E-state index contributed by atoms with van der Waals surface area (Å²) in [6, 6.07) is 3.93. The first kappa shape index (κ1) is 9.79. The highest BCUT2D eigenvalue weighted by molar-refractivity contribution is 5.26. The molecule has 0 saturated carbocycles. The van der Waals surface area contributed by atoms with E-state index in [0.717, 1.165) is 12.2 Å². The molecule has 0 radical (unpaired) electrons. The van der Waals surface area contributed by atoms with Crippen LogP contribution in [0.3, 0.4) is 0 Å². The van der Waals surface area contributed by atoms with Crippen molar-refractivity contribution >= 4 is 0 Å². The Morgan fingerprint density at radius 1 is 1.54 bits per heavy atom. The quantitative estimate of drug-likeness (QED) is 0.659. The Morgan fingerprint density at radius 3 is 2.46 bits per heavy atom. The molecular weight excluding hydrogens is 162 g/mol. The average molecular weight is 177 g/mol. The minimum atomic E-state index is 0.0537. The summed E-state index contributed by atoms with van der Waals surface area (Å²) in [5.74, 6) is 0. The molecule has 3 heteroatoms. The van der Waals surface area contributed by atoms with Crippen molar-refractivity contribution in [2.45, 2.75) is 39.7 Å². The van der Waals surface area contributed by atoms with E-state index in [9.17, 15) is 0 Å². The first-order chi connectivity index (χ1) is 5.99. The smallest absolute Gasteiger partial charge is 0.162 e. The minimum Gasteiger partial charge on any atom is -0.268 e. The van der Waals surface area contributed by atoms with Gasteiger partial charge in [0.2, 0.25) is 0 Å². The fourth-order valence-corrected chi connectivity index (χ4v) is 1.32. The summed E-state index contributed by atoms with van der Waals surface area (Å²) in [6.45, 7) is 9.21. The van der Waals surface area contributed by atoms with Gasteiger partial charge < -0.3 is 0 Å². The molecule has 1 rings (SSSR count). The van der Waals surface area contributed by atoms with Crippen LogP contribution in [-0.4, -0.2) is 9.78 Å². The fourth-order valence-electron chi connectivity index (χ4n) is 1.32. The monoisotopic (exact) mass is 177 g/mol. The Labute approximate surface area is 79.0 Å². The van der Waals surface area contributed by atoms with Crippen molar-refractivity contribution in [1.29, 1.82) is 5.26 Å². The van der Waals surface area contributed by atoms with Gasteiger partial charge >= 0.3 is 0 Å². The molecule has 0 bridgehead atoms. The first-order valence-electron chi connectivity index (χ1n) is 4.47. The van der Waals surface area contributed by atoms with E-state index >= 15 is 0 Å². The molecule has 0 spiro atoms. The summed E-state index contributed by atoms with van der Waals surface area (Å²) in [5, 5.41) is 12.9. The van der Waals surface area contributed by atoms with E-state index in [4.69, 9.17) is 5.26 Å². The highest BCUT2D eigenvalue weighted by atomic mass is 15.3. The van der Waals surface area contributed by atoms with Crippen LogP contribution < -0.4 is 0 Å². The van der Waals surface area contributed by atoms with Crippen LogP contribution in [0.25, 0.3) is 0 Å². The van der Waals surface area contributed by atoms with Crippen molar-refractivity contribution in [2.24, 2.45) is 0 Å². The standard InChI is InChI=1S/C10H15N3/c1-5-13-9(10(2,3)4)6-8(7-11)12-13/h6H,5H2,1-4H3. The molecule has 0 aliphatic rings. The molecule has 0 fully saturated rings. The van der Waals surface area contributed by atoms with Crippen molar-refractivity contribution in [3.63, 3.8) is 0 Å². The molecule has 0 aliphatic carbocycles.